The van der Waals surface area contributed by atoms with Crippen LogP contribution >= 0.6 is 0 Å². The Morgan fingerprint density at radius 3 is 2.55 bits per heavy atom. The fraction of sp³-hybridized carbons (Fsp3) is 0.133. The summed E-state index contributed by atoms with van der Waals surface area (Å²) in [4.78, 5) is 11.6. The molecule has 0 heterocycles. The number of carbonyl (C=O) groups is 1. The minimum absolute atomic E-state index is 0.00559. The molecule has 0 radical (unpaired) electrons. The summed E-state index contributed by atoms with van der Waals surface area (Å²) >= 11 is 0. The van der Waals surface area contributed by atoms with Crippen molar-refractivity contribution in [2.45, 2.75) is 0 Å². The third-order valence-electron chi connectivity index (χ3n) is 2.56. The first-order valence-electron chi connectivity index (χ1n) is 6.07. The van der Waals surface area contributed by atoms with Crippen LogP contribution in [0.4, 0.5) is 10.1 Å². The van der Waals surface area contributed by atoms with Gasteiger partial charge < -0.3 is 15.2 Å². The minimum atomic E-state index is -0.639. The second kappa shape index (κ2) is 6.56. The van der Waals surface area contributed by atoms with Crippen molar-refractivity contribution in [3.8, 4) is 5.75 Å². The molecule has 2 aromatic rings. The SMILES string of the molecule is Nc1ccc(C(=O)OCCOc2ccccc2)cc1F. The van der Waals surface area contributed by atoms with Gasteiger partial charge in [-0.05, 0) is 30.3 Å². The molecule has 0 fully saturated rings. The molecule has 5 heteroatoms. The van der Waals surface area contributed by atoms with Crippen LogP contribution in [0.25, 0.3) is 0 Å². The van der Waals surface area contributed by atoms with Crippen molar-refractivity contribution in [3.63, 3.8) is 0 Å². The van der Waals surface area contributed by atoms with Crippen LogP contribution in [0, 0.1) is 5.82 Å². The van der Waals surface area contributed by atoms with Gasteiger partial charge in [0.05, 0.1) is 11.3 Å². The van der Waals surface area contributed by atoms with E-state index in [1.807, 2.05) is 18.2 Å². The number of carbonyl (C=O) groups excluding carboxylic acids is 1. The predicted octanol–water partition coefficient (Wildman–Crippen LogP) is 2.64. The highest BCUT2D eigenvalue weighted by Crippen LogP contribution is 2.13. The first kappa shape index (κ1) is 13.9. The molecule has 4 nitrogen and oxygen atoms in total. The molecule has 0 spiro atoms. The van der Waals surface area contributed by atoms with Gasteiger partial charge in [0, 0.05) is 0 Å². The fourth-order valence-corrected chi connectivity index (χ4v) is 1.55. The van der Waals surface area contributed by atoms with Crippen molar-refractivity contribution in [2.75, 3.05) is 18.9 Å². The summed E-state index contributed by atoms with van der Waals surface area (Å²) in [5.74, 6) is -0.553. The van der Waals surface area contributed by atoms with Gasteiger partial charge in [-0.25, -0.2) is 9.18 Å². The molecule has 0 aromatic heterocycles. The zero-order valence-corrected chi connectivity index (χ0v) is 10.7. The third-order valence-corrected chi connectivity index (χ3v) is 2.56. The Balaban J connectivity index is 1.79. The number of nitrogen functional groups attached to an aromatic ring is 1. The largest absolute Gasteiger partial charge is 0.490 e. The normalized spacial score (nSPS) is 10.1. The van der Waals surface area contributed by atoms with Gasteiger partial charge in [-0.1, -0.05) is 18.2 Å². The summed E-state index contributed by atoms with van der Waals surface area (Å²) in [6.07, 6.45) is 0. The summed E-state index contributed by atoms with van der Waals surface area (Å²) in [5, 5.41) is 0. The van der Waals surface area contributed by atoms with Gasteiger partial charge in [0.25, 0.3) is 0 Å². The number of rotatable bonds is 5. The molecule has 0 atom stereocenters. The summed E-state index contributed by atoms with van der Waals surface area (Å²) in [6, 6.07) is 13.0. The number of para-hydroxylation sites is 1. The number of halogens is 1. The summed E-state index contributed by atoms with van der Waals surface area (Å²) < 4.78 is 23.5. The Morgan fingerprint density at radius 1 is 1.10 bits per heavy atom. The smallest absolute Gasteiger partial charge is 0.338 e. The third kappa shape index (κ3) is 3.71. The highest BCUT2D eigenvalue weighted by Gasteiger charge is 2.09. The van der Waals surface area contributed by atoms with E-state index in [4.69, 9.17) is 15.2 Å². The highest BCUT2D eigenvalue weighted by molar-refractivity contribution is 5.89. The Labute approximate surface area is 115 Å². The maximum atomic E-state index is 13.2. The van der Waals surface area contributed by atoms with Crippen molar-refractivity contribution in [2.24, 2.45) is 0 Å². The molecular formula is C15H14FNO3. The van der Waals surface area contributed by atoms with E-state index < -0.39 is 11.8 Å². The molecule has 0 aliphatic carbocycles. The number of nitrogens with two attached hydrogens (primary N) is 1. The van der Waals surface area contributed by atoms with Gasteiger partial charge in [-0.3, -0.25) is 0 Å². The number of hydrogen-bond acceptors (Lipinski definition) is 4. The van der Waals surface area contributed by atoms with E-state index in [0.717, 1.165) is 6.07 Å². The second-order valence-corrected chi connectivity index (χ2v) is 4.03. The molecule has 2 N–H and O–H groups in total. The monoisotopic (exact) mass is 275 g/mol. The molecule has 0 bridgehead atoms. The van der Waals surface area contributed by atoms with Gasteiger partial charge in [0.2, 0.25) is 0 Å². The van der Waals surface area contributed by atoms with Crippen LogP contribution in [0.15, 0.2) is 48.5 Å². The second-order valence-electron chi connectivity index (χ2n) is 4.03. The van der Waals surface area contributed by atoms with Gasteiger partial charge in [0.15, 0.2) is 0 Å². The molecular weight excluding hydrogens is 261 g/mol. The predicted molar refractivity (Wildman–Crippen MR) is 73.0 cm³/mol. The van der Waals surface area contributed by atoms with Crippen LogP contribution in [0.1, 0.15) is 10.4 Å². The van der Waals surface area contributed by atoms with Crippen LogP contribution in [0.5, 0.6) is 5.75 Å². The molecule has 0 amide bonds. The molecule has 2 aromatic carbocycles. The van der Waals surface area contributed by atoms with Crippen molar-refractivity contribution >= 4 is 11.7 Å². The Morgan fingerprint density at radius 2 is 1.85 bits per heavy atom. The van der Waals surface area contributed by atoms with E-state index in [0.29, 0.717) is 5.75 Å². The maximum absolute atomic E-state index is 13.2. The zero-order valence-electron chi connectivity index (χ0n) is 10.7. The van der Waals surface area contributed by atoms with E-state index in [9.17, 15) is 9.18 Å². The van der Waals surface area contributed by atoms with E-state index in [1.54, 1.807) is 12.1 Å². The first-order chi connectivity index (χ1) is 9.66. The lowest BCUT2D eigenvalue weighted by Crippen LogP contribution is -2.12. The molecule has 2 rings (SSSR count). The van der Waals surface area contributed by atoms with Crippen molar-refractivity contribution in [3.05, 3.63) is 59.9 Å². The lowest BCUT2D eigenvalue weighted by Gasteiger charge is -2.07. The Hall–Kier alpha value is -2.56. The van der Waals surface area contributed by atoms with Crippen molar-refractivity contribution < 1.29 is 18.7 Å². The topological polar surface area (TPSA) is 61.6 Å². The number of anilines is 1. The van der Waals surface area contributed by atoms with Crippen LogP contribution in [0.3, 0.4) is 0 Å². The number of hydrogen-bond donors (Lipinski definition) is 1. The quantitative estimate of drug-likeness (QED) is 0.517. The van der Waals surface area contributed by atoms with Crippen molar-refractivity contribution in [1.29, 1.82) is 0 Å². The minimum Gasteiger partial charge on any atom is -0.490 e. The van der Waals surface area contributed by atoms with E-state index in [1.165, 1.54) is 12.1 Å². The zero-order chi connectivity index (χ0) is 14.4. The van der Waals surface area contributed by atoms with Gasteiger partial charge >= 0.3 is 5.97 Å². The Bertz CT molecular complexity index is 587. The molecule has 104 valence electrons. The van der Waals surface area contributed by atoms with Crippen LogP contribution in [-0.2, 0) is 4.74 Å². The van der Waals surface area contributed by atoms with Crippen molar-refractivity contribution in [1.82, 2.24) is 0 Å². The van der Waals surface area contributed by atoms with Crippen LogP contribution in [-0.4, -0.2) is 19.2 Å². The van der Waals surface area contributed by atoms with E-state index >= 15 is 0 Å². The van der Waals surface area contributed by atoms with Gasteiger partial charge in [0.1, 0.15) is 24.8 Å². The number of ether oxygens (including phenoxy) is 2. The lowest BCUT2D eigenvalue weighted by molar-refractivity contribution is 0.0450. The van der Waals surface area contributed by atoms with Crippen LogP contribution < -0.4 is 10.5 Å². The van der Waals surface area contributed by atoms with Gasteiger partial charge in [-0.15, -0.1) is 0 Å². The average Bonchev–Trinajstić information content (AvgIpc) is 2.47. The molecule has 20 heavy (non-hydrogen) atoms. The average molecular weight is 275 g/mol. The summed E-state index contributed by atoms with van der Waals surface area (Å²) in [5.41, 5.74) is 5.44. The molecule has 0 aliphatic heterocycles. The first-order valence-corrected chi connectivity index (χ1v) is 6.07. The summed E-state index contributed by atoms with van der Waals surface area (Å²) in [7, 11) is 0. The Kier molecular flexibility index (Phi) is 4.55. The molecule has 0 unspecified atom stereocenters. The number of benzene rings is 2. The molecule has 0 saturated heterocycles. The highest BCUT2D eigenvalue weighted by atomic mass is 19.1. The standard InChI is InChI=1S/C15H14FNO3/c16-13-10-11(6-7-14(13)17)15(18)20-9-8-19-12-4-2-1-3-5-12/h1-7,10H,8-9,17H2. The van der Waals surface area contributed by atoms with Crippen LogP contribution in [0.2, 0.25) is 0 Å². The van der Waals surface area contributed by atoms with Gasteiger partial charge in [-0.2, -0.15) is 0 Å². The van der Waals surface area contributed by atoms with E-state index in [-0.39, 0.29) is 24.5 Å². The molecule has 0 aliphatic rings. The number of esters is 1. The molecule has 0 saturated carbocycles. The fourth-order valence-electron chi connectivity index (χ4n) is 1.55. The maximum Gasteiger partial charge on any atom is 0.338 e. The van der Waals surface area contributed by atoms with E-state index in [2.05, 4.69) is 0 Å². The summed E-state index contributed by atoms with van der Waals surface area (Å²) in [6.45, 7) is 0.312. The lowest BCUT2D eigenvalue weighted by atomic mass is 10.2.